The van der Waals surface area contributed by atoms with Gasteiger partial charge < -0.3 is 10.6 Å². The summed E-state index contributed by atoms with van der Waals surface area (Å²) in [6.45, 7) is 0.586. The van der Waals surface area contributed by atoms with E-state index in [0.29, 0.717) is 11.6 Å². The van der Waals surface area contributed by atoms with Crippen molar-refractivity contribution in [3.05, 3.63) is 75.4 Å². The summed E-state index contributed by atoms with van der Waals surface area (Å²) in [6.07, 6.45) is 4.21. The van der Waals surface area contributed by atoms with E-state index in [1.807, 2.05) is 42.5 Å². The number of rotatable bonds is 5. The molecule has 5 heteroatoms. The highest BCUT2D eigenvalue weighted by Gasteiger charge is 1.97. The highest BCUT2D eigenvalue weighted by Crippen LogP contribution is 2.11. The Balaban J connectivity index is 1.69. The average Bonchev–Trinajstić information content (AvgIpc) is 2.51. The van der Waals surface area contributed by atoms with E-state index < -0.39 is 0 Å². The molecule has 0 heterocycles. The third-order valence-corrected chi connectivity index (χ3v) is 3.75. The molecular formula is C17H16BrClN2O. The summed E-state index contributed by atoms with van der Waals surface area (Å²) in [5.41, 5.74) is 2.15. The zero-order valence-corrected chi connectivity index (χ0v) is 14.2. The number of benzene rings is 2. The summed E-state index contributed by atoms with van der Waals surface area (Å²) in [5.74, 6) is 0. The molecule has 22 heavy (non-hydrogen) atoms. The minimum atomic E-state index is -0.220. The fourth-order valence-corrected chi connectivity index (χ4v) is 2.20. The second kappa shape index (κ2) is 8.61. The van der Waals surface area contributed by atoms with E-state index in [0.717, 1.165) is 16.5 Å². The lowest BCUT2D eigenvalue weighted by Gasteiger charge is -2.05. The molecular weight excluding hydrogens is 364 g/mol. The molecule has 0 aliphatic rings. The van der Waals surface area contributed by atoms with Gasteiger partial charge in [-0.05, 0) is 47.9 Å². The minimum absolute atomic E-state index is 0.220. The molecule has 0 aromatic heterocycles. The standard InChI is InChI=1S/C17H16BrClN2O/c18-15-5-1-13(2-6-15)9-11-20-17(22)21-12-10-14-3-7-16(19)8-4-14/h1-8,10,12H,9,11H2,(H2,20,21,22)/b12-10+. The van der Waals surface area contributed by atoms with Gasteiger partial charge in [-0.25, -0.2) is 4.79 Å². The van der Waals surface area contributed by atoms with Gasteiger partial charge >= 0.3 is 6.03 Å². The largest absolute Gasteiger partial charge is 0.338 e. The van der Waals surface area contributed by atoms with Crippen LogP contribution in [0.2, 0.25) is 5.02 Å². The normalized spacial score (nSPS) is 10.6. The molecule has 0 spiro atoms. The second-order valence-electron chi connectivity index (χ2n) is 4.66. The maximum absolute atomic E-state index is 11.6. The van der Waals surface area contributed by atoms with E-state index in [-0.39, 0.29) is 6.03 Å². The molecule has 2 amide bonds. The molecule has 0 atom stereocenters. The van der Waals surface area contributed by atoms with Gasteiger partial charge in [-0.15, -0.1) is 0 Å². The maximum atomic E-state index is 11.6. The van der Waals surface area contributed by atoms with Gasteiger partial charge in [-0.1, -0.05) is 51.8 Å². The van der Waals surface area contributed by atoms with E-state index >= 15 is 0 Å². The maximum Gasteiger partial charge on any atom is 0.318 e. The summed E-state index contributed by atoms with van der Waals surface area (Å²) in [5, 5.41) is 6.17. The number of halogens is 2. The number of hydrogen-bond donors (Lipinski definition) is 2. The number of hydrogen-bond acceptors (Lipinski definition) is 1. The first-order chi connectivity index (χ1) is 10.6. The molecule has 0 aliphatic carbocycles. The van der Waals surface area contributed by atoms with Crippen molar-refractivity contribution in [2.75, 3.05) is 6.54 Å². The van der Waals surface area contributed by atoms with E-state index in [1.54, 1.807) is 18.3 Å². The molecule has 2 rings (SSSR count). The number of carbonyl (C=O) groups excluding carboxylic acids is 1. The predicted octanol–water partition coefficient (Wildman–Crippen LogP) is 4.62. The molecule has 2 N–H and O–H groups in total. The predicted molar refractivity (Wildman–Crippen MR) is 94.9 cm³/mol. The van der Waals surface area contributed by atoms with Gasteiger partial charge in [0, 0.05) is 22.2 Å². The first-order valence-electron chi connectivity index (χ1n) is 6.84. The van der Waals surface area contributed by atoms with E-state index in [4.69, 9.17) is 11.6 Å². The van der Waals surface area contributed by atoms with Crippen molar-refractivity contribution in [2.45, 2.75) is 6.42 Å². The Labute approximate surface area is 143 Å². The molecule has 0 radical (unpaired) electrons. The molecule has 2 aromatic carbocycles. The summed E-state index contributed by atoms with van der Waals surface area (Å²) in [7, 11) is 0. The van der Waals surface area contributed by atoms with Gasteiger partial charge in [0.05, 0.1) is 0 Å². The average molecular weight is 380 g/mol. The Morgan fingerprint density at radius 1 is 1.09 bits per heavy atom. The quantitative estimate of drug-likeness (QED) is 0.782. The Hall–Kier alpha value is -1.78. The minimum Gasteiger partial charge on any atom is -0.338 e. The molecule has 0 saturated heterocycles. The van der Waals surface area contributed by atoms with Crippen LogP contribution >= 0.6 is 27.5 Å². The first-order valence-corrected chi connectivity index (χ1v) is 8.01. The van der Waals surface area contributed by atoms with Gasteiger partial charge in [-0.2, -0.15) is 0 Å². The van der Waals surface area contributed by atoms with Gasteiger partial charge in [0.25, 0.3) is 0 Å². The first kappa shape index (κ1) is 16.6. The van der Waals surface area contributed by atoms with Crippen LogP contribution in [0.4, 0.5) is 4.79 Å². The third-order valence-electron chi connectivity index (χ3n) is 2.97. The highest BCUT2D eigenvalue weighted by atomic mass is 79.9. The second-order valence-corrected chi connectivity index (χ2v) is 6.01. The fourth-order valence-electron chi connectivity index (χ4n) is 1.81. The van der Waals surface area contributed by atoms with E-state index in [2.05, 4.69) is 26.6 Å². The van der Waals surface area contributed by atoms with Crippen LogP contribution in [0.5, 0.6) is 0 Å². The van der Waals surface area contributed by atoms with Crippen molar-refractivity contribution < 1.29 is 4.79 Å². The summed E-state index contributed by atoms with van der Waals surface area (Å²) in [4.78, 5) is 11.6. The smallest absolute Gasteiger partial charge is 0.318 e. The van der Waals surface area contributed by atoms with Crippen LogP contribution in [0.15, 0.2) is 59.2 Å². The summed E-state index contributed by atoms with van der Waals surface area (Å²) >= 11 is 9.20. The van der Waals surface area contributed by atoms with Crippen LogP contribution in [0.3, 0.4) is 0 Å². The van der Waals surface area contributed by atoms with Crippen LogP contribution in [0.1, 0.15) is 11.1 Å². The zero-order valence-electron chi connectivity index (χ0n) is 11.9. The van der Waals surface area contributed by atoms with Crippen LogP contribution < -0.4 is 10.6 Å². The molecule has 0 bridgehead atoms. The van der Waals surface area contributed by atoms with Crippen molar-refractivity contribution in [3.63, 3.8) is 0 Å². The van der Waals surface area contributed by atoms with Gasteiger partial charge in [0.15, 0.2) is 0 Å². The molecule has 2 aromatic rings. The topological polar surface area (TPSA) is 41.1 Å². The van der Waals surface area contributed by atoms with Crippen LogP contribution in [0, 0.1) is 0 Å². The van der Waals surface area contributed by atoms with Crippen molar-refractivity contribution in [1.82, 2.24) is 10.6 Å². The van der Waals surface area contributed by atoms with Crippen molar-refractivity contribution in [2.24, 2.45) is 0 Å². The number of urea groups is 1. The Morgan fingerprint density at radius 2 is 1.77 bits per heavy atom. The number of nitrogens with one attached hydrogen (secondary N) is 2. The monoisotopic (exact) mass is 378 g/mol. The van der Waals surface area contributed by atoms with Gasteiger partial charge in [-0.3, -0.25) is 0 Å². The molecule has 0 aliphatic heterocycles. The van der Waals surface area contributed by atoms with E-state index in [9.17, 15) is 4.79 Å². The molecule has 114 valence electrons. The fraction of sp³-hybridized carbons (Fsp3) is 0.118. The number of amides is 2. The van der Waals surface area contributed by atoms with Gasteiger partial charge in [0.1, 0.15) is 0 Å². The Bertz CT molecular complexity index is 639. The summed E-state index contributed by atoms with van der Waals surface area (Å²) in [6, 6.07) is 15.2. The van der Waals surface area contributed by atoms with Crippen LogP contribution in [-0.4, -0.2) is 12.6 Å². The van der Waals surface area contributed by atoms with Crippen molar-refractivity contribution in [1.29, 1.82) is 0 Å². The summed E-state index contributed by atoms with van der Waals surface area (Å²) < 4.78 is 1.05. The number of carbonyl (C=O) groups is 1. The molecule has 0 saturated carbocycles. The Kier molecular flexibility index (Phi) is 6.49. The third kappa shape index (κ3) is 5.92. The molecule has 0 fully saturated rings. The highest BCUT2D eigenvalue weighted by molar-refractivity contribution is 9.10. The molecule has 0 unspecified atom stereocenters. The van der Waals surface area contributed by atoms with Gasteiger partial charge in [0.2, 0.25) is 0 Å². The lowest BCUT2D eigenvalue weighted by molar-refractivity contribution is 0.244. The lowest BCUT2D eigenvalue weighted by atomic mass is 10.1. The van der Waals surface area contributed by atoms with E-state index in [1.165, 1.54) is 5.56 Å². The lowest BCUT2D eigenvalue weighted by Crippen LogP contribution is -2.33. The molecule has 3 nitrogen and oxygen atoms in total. The Morgan fingerprint density at radius 3 is 2.45 bits per heavy atom. The van der Waals surface area contributed by atoms with Crippen LogP contribution in [-0.2, 0) is 6.42 Å². The zero-order chi connectivity index (χ0) is 15.8. The van der Waals surface area contributed by atoms with Crippen molar-refractivity contribution >= 4 is 39.6 Å². The SMILES string of the molecule is O=C(N/C=C/c1ccc(Cl)cc1)NCCc1ccc(Br)cc1. The van der Waals surface area contributed by atoms with Crippen molar-refractivity contribution in [3.8, 4) is 0 Å². The van der Waals surface area contributed by atoms with Crippen LogP contribution in [0.25, 0.3) is 6.08 Å².